The van der Waals surface area contributed by atoms with Crippen molar-refractivity contribution < 1.29 is 14.7 Å². The zero-order valence-corrected chi connectivity index (χ0v) is 9.94. The summed E-state index contributed by atoms with van der Waals surface area (Å²) >= 11 is 1.33. The summed E-state index contributed by atoms with van der Waals surface area (Å²) in [5.41, 5.74) is 0. The fourth-order valence-corrected chi connectivity index (χ4v) is 2.50. The van der Waals surface area contributed by atoms with Gasteiger partial charge in [0.15, 0.2) is 5.13 Å². The van der Waals surface area contributed by atoms with Crippen molar-refractivity contribution >= 4 is 34.4 Å². The van der Waals surface area contributed by atoms with Crippen molar-refractivity contribution in [1.82, 2.24) is 4.98 Å². The Kier molecular flexibility index (Phi) is 3.53. The molecule has 17 heavy (non-hydrogen) atoms. The number of carboxylic acids is 1. The van der Waals surface area contributed by atoms with Crippen LogP contribution in [-0.2, 0) is 9.59 Å². The highest BCUT2D eigenvalue weighted by atomic mass is 32.1. The van der Waals surface area contributed by atoms with Crippen LogP contribution in [0, 0.1) is 0 Å². The Morgan fingerprint density at radius 2 is 2.35 bits per heavy atom. The number of anilines is 1. The highest BCUT2D eigenvalue weighted by Gasteiger charge is 2.21. The Morgan fingerprint density at radius 1 is 1.53 bits per heavy atom. The molecule has 0 saturated carbocycles. The number of thiazole rings is 1. The molecule has 0 radical (unpaired) electrons. The topological polar surface area (TPSA) is 70.5 Å². The maximum Gasteiger partial charge on any atom is 0.328 e. The molecule has 5 nitrogen and oxygen atoms in total. The quantitative estimate of drug-likeness (QED) is 0.832. The van der Waals surface area contributed by atoms with Crippen molar-refractivity contribution in [2.75, 3.05) is 11.4 Å². The van der Waals surface area contributed by atoms with Crippen LogP contribution in [-0.4, -0.2) is 28.5 Å². The van der Waals surface area contributed by atoms with Crippen molar-refractivity contribution in [1.29, 1.82) is 0 Å². The van der Waals surface area contributed by atoms with Gasteiger partial charge in [-0.25, -0.2) is 9.78 Å². The van der Waals surface area contributed by atoms with E-state index in [1.54, 1.807) is 11.1 Å². The van der Waals surface area contributed by atoms with Gasteiger partial charge in [-0.05, 0) is 18.9 Å². The molecule has 1 aliphatic heterocycles. The van der Waals surface area contributed by atoms with Gasteiger partial charge in [-0.2, -0.15) is 0 Å². The molecule has 1 fully saturated rings. The zero-order chi connectivity index (χ0) is 12.3. The molecule has 0 atom stereocenters. The molecular weight excluding hydrogens is 240 g/mol. The number of carboxylic acid groups (broad SMARTS) is 1. The fourth-order valence-electron chi connectivity index (χ4n) is 1.64. The minimum absolute atomic E-state index is 0.0966. The molecule has 1 aromatic heterocycles. The molecule has 0 aromatic carbocycles. The number of carbonyl (C=O) groups excluding carboxylic acids is 1. The number of nitrogens with zero attached hydrogens (tertiary/aromatic N) is 2. The zero-order valence-electron chi connectivity index (χ0n) is 9.13. The number of rotatable bonds is 3. The molecule has 0 aliphatic carbocycles. The number of amides is 1. The summed E-state index contributed by atoms with van der Waals surface area (Å²) < 4.78 is 0. The Morgan fingerprint density at radius 3 is 3.06 bits per heavy atom. The van der Waals surface area contributed by atoms with E-state index in [0.29, 0.717) is 18.1 Å². The third-order valence-corrected chi connectivity index (χ3v) is 3.44. The largest absolute Gasteiger partial charge is 0.478 e. The fraction of sp³-hybridized carbons (Fsp3) is 0.364. The molecule has 90 valence electrons. The Bertz CT molecular complexity index is 467. The lowest BCUT2D eigenvalue weighted by Crippen LogP contribution is -2.34. The maximum atomic E-state index is 11.7. The van der Waals surface area contributed by atoms with Gasteiger partial charge in [0.25, 0.3) is 0 Å². The summed E-state index contributed by atoms with van der Waals surface area (Å²) in [5, 5.41) is 9.16. The predicted molar refractivity (Wildman–Crippen MR) is 65.0 cm³/mol. The third kappa shape index (κ3) is 2.91. The lowest BCUT2D eigenvalue weighted by molar-refractivity contribution is -0.131. The monoisotopic (exact) mass is 252 g/mol. The van der Waals surface area contributed by atoms with E-state index in [0.717, 1.165) is 23.8 Å². The van der Waals surface area contributed by atoms with Gasteiger partial charge in [-0.3, -0.25) is 9.69 Å². The van der Waals surface area contributed by atoms with Crippen LogP contribution in [0.4, 0.5) is 5.13 Å². The lowest BCUT2D eigenvalue weighted by Gasteiger charge is -2.23. The average molecular weight is 252 g/mol. The first-order valence-corrected chi connectivity index (χ1v) is 6.15. The summed E-state index contributed by atoms with van der Waals surface area (Å²) in [5.74, 6) is -0.895. The molecule has 1 N–H and O–H groups in total. The molecule has 1 amide bonds. The van der Waals surface area contributed by atoms with Crippen LogP contribution in [0.3, 0.4) is 0 Å². The van der Waals surface area contributed by atoms with Crippen molar-refractivity contribution in [3.63, 3.8) is 0 Å². The van der Waals surface area contributed by atoms with E-state index in [1.165, 1.54) is 17.4 Å². The third-order valence-electron chi connectivity index (χ3n) is 2.46. The lowest BCUT2D eigenvalue weighted by atomic mass is 10.1. The predicted octanol–water partition coefficient (Wildman–Crippen LogP) is 1.76. The van der Waals surface area contributed by atoms with E-state index < -0.39 is 5.97 Å². The van der Waals surface area contributed by atoms with Gasteiger partial charge in [0.2, 0.25) is 5.91 Å². The number of piperidine rings is 1. The van der Waals surface area contributed by atoms with E-state index in [4.69, 9.17) is 5.11 Å². The first kappa shape index (κ1) is 11.8. The molecule has 6 heteroatoms. The summed E-state index contributed by atoms with van der Waals surface area (Å²) in [6, 6.07) is 0. The highest BCUT2D eigenvalue weighted by molar-refractivity contribution is 7.16. The van der Waals surface area contributed by atoms with Gasteiger partial charge in [0.05, 0.1) is 0 Å². The van der Waals surface area contributed by atoms with Gasteiger partial charge in [-0.15, -0.1) is 0 Å². The van der Waals surface area contributed by atoms with Crippen LogP contribution >= 0.6 is 11.3 Å². The molecule has 2 rings (SSSR count). The minimum Gasteiger partial charge on any atom is -0.478 e. The number of aromatic nitrogens is 1. The minimum atomic E-state index is -0.992. The van der Waals surface area contributed by atoms with Crippen LogP contribution in [0.1, 0.15) is 24.1 Å². The van der Waals surface area contributed by atoms with Crippen molar-refractivity contribution in [3.8, 4) is 0 Å². The van der Waals surface area contributed by atoms with Crippen molar-refractivity contribution in [2.24, 2.45) is 0 Å². The molecule has 1 aliphatic rings. The van der Waals surface area contributed by atoms with Gasteiger partial charge in [0, 0.05) is 30.1 Å². The second-order valence-electron chi connectivity index (χ2n) is 3.72. The van der Waals surface area contributed by atoms with Crippen LogP contribution in [0.25, 0.3) is 6.08 Å². The first-order valence-electron chi connectivity index (χ1n) is 5.34. The van der Waals surface area contributed by atoms with Crippen LogP contribution in [0.2, 0.25) is 0 Å². The second-order valence-corrected chi connectivity index (χ2v) is 4.76. The normalized spacial score (nSPS) is 16.7. The molecular formula is C11H12N2O3S. The number of aliphatic carboxylic acids is 1. The summed E-state index contributed by atoms with van der Waals surface area (Å²) in [6.07, 6.45) is 6.63. The Labute approximate surface area is 102 Å². The van der Waals surface area contributed by atoms with Gasteiger partial charge in [-0.1, -0.05) is 11.3 Å². The molecule has 0 bridgehead atoms. The molecule has 1 saturated heterocycles. The maximum absolute atomic E-state index is 11.7. The van der Waals surface area contributed by atoms with Crippen LogP contribution < -0.4 is 4.90 Å². The van der Waals surface area contributed by atoms with E-state index in [2.05, 4.69) is 4.98 Å². The molecule has 0 unspecified atom stereocenters. The number of hydrogen-bond donors (Lipinski definition) is 1. The molecule has 0 spiro atoms. The highest BCUT2D eigenvalue weighted by Crippen LogP contribution is 2.26. The SMILES string of the molecule is O=C(O)C=Cc1cnc(N2CCCCC2=O)s1. The average Bonchev–Trinajstić information content (AvgIpc) is 2.75. The molecule has 1 aromatic rings. The van der Waals surface area contributed by atoms with E-state index in [1.807, 2.05) is 0 Å². The van der Waals surface area contributed by atoms with E-state index in [9.17, 15) is 9.59 Å². The number of hydrogen-bond acceptors (Lipinski definition) is 4. The summed E-state index contributed by atoms with van der Waals surface area (Å²) in [7, 11) is 0. The van der Waals surface area contributed by atoms with Crippen molar-refractivity contribution in [2.45, 2.75) is 19.3 Å². The summed E-state index contributed by atoms with van der Waals surface area (Å²) in [6.45, 7) is 0.703. The van der Waals surface area contributed by atoms with E-state index >= 15 is 0 Å². The van der Waals surface area contributed by atoms with Crippen LogP contribution in [0.5, 0.6) is 0 Å². The second kappa shape index (κ2) is 5.09. The first-order chi connectivity index (χ1) is 8.16. The smallest absolute Gasteiger partial charge is 0.328 e. The summed E-state index contributed by atoms with van der Waals surface area (Å²) in [4.78, 5) is 28.6. The number of carbonyl (C=O) groups is 2. The van der Waals surface area contributed by atoms with E-state index in [-0.39, 0.29) is 5.91 Å². The van der Waals surface area contributed by atoms with Gasteiger partial charge >= 0.3 is 5.97 Å². The van der Waals surface area contributed by atoms with Gasteiger partial charge in [0.1, 0.15) is 0 Å². The van der Waals surface area contributed by atoms with Gasteiger partial charge < -0.3 is 5.11 Å². The Hall–Kier alpha value is -1.69. The van der Waals surface area contributed by atoms with Crippen LogP contribution in [0.15, 0.2) is 12.3 Å². The molecule has 2 heterocycles. The van der Waals surface area contributed by atoms with Crippen molar-refractivity contribution in [3.05, 3.63) is 17.2 Å². The standard InChI is InChI=1S/C11H12N2O3S/c14-9-3-1-2-6-13(9)11-12-7-8(17-11)4-5-10(15)16/h4-5,7H,1-3,6H2,(H,15,16). The Balaban J connectivity index is 2.12.